The van der Waals surface area contributed by atoms with Gasteiger partial charge in [-0.05, 0) is 36.9 Å². The Labute approximate surface area is 144 Å². The number of fused-ring (bicyclic) bond motifs is 1. The Morgan fingerprint density at radius 3 is 2.64 bits per heavy atom. The fourth-order valence-electron chi connectivity index (χ4n) is 2.73. The Balaban J connectivity index is 2.01. The van der Waals surface area contributed by atoms with Gasteiger partial charge in [-0.2, -0.15) is 0 Å². The molecule has 128 valence electrons. The van der Waals surface area contributed by atoms with Crippen molar-refractivity contribution in [3.05, 3.63) is 59.9 Å². The van der Waals surface area contributed by atoms with Crippen molar-refractivity contribution in [1.29, 1.82) is 0 Å². The lowest BCUT2D eigenvalue weighted by atomic mass is 10.1. The first-order valence-corrected chi connectivity index (χ1v) is 7.83. The van der Waals surface area contributed by atoms with Crippen molar-refractivity contribution < 1.29 is 9.90 Å². The molecule has 0 saturated carbocycles. The highest BCUT2D eigenvalue weighted by Crippen LogP contribution is 2.26. The predicted molar refractivity (Wildman–Crippen MR) is 96.5 cm³/mol. The maximum absolute atomic E-state index is 11.6. The average molecular weight is 337 g/mol. The molecule has 1 atom stereocenters. The van der Waals surface area contributed by atoms with E-state index >= 15 is 0 Å². The second-order valence-electron chi connectivity index (χ2n) is 5.63. The molecular formula is C18H19N5O2. The molecule has 0 spiro atoms. The van der Waals surface area contributed by atoms with Gasteiger partial charge in [0.2, 0.25) is 0 Å². The van der Waals surface area contributed by atoms with Crippen molar-refractivity contribution in [2.45, 2.75) is 6.04 Å². The van der Waals surface area contributed by atoms with Crippen molar-refractivity contribution in [2.75, 3.05) is 18.9 Å². The molecule has 0 aliphatic heterocycles. The van der Waals surface area contributed by atoms with Crippen LogP contribution in [0.15, 0.2) is 48.8 Å². The molecular weight excluding hydrogens is 318 g/mol. The van der Waals surface area contributed by atoms with Gasteiger partial charge in [0.1, 0.15) is 17.9 Å². The van der Waals surface area contributed by atoms with Gasteiger partial charge in [-0.25, -0.2) is 9.97 Å². The third kappa shape index (κ3) is 3.51. The van der Waals surface area contributed by atoms with Crippen LogP contribution in [0.4, 0.5) is 5.82 Å². The van der Waals surface area contributed by atoms with E-state index in [9.17, 15) is 9.90 Å². The van der Waals surface area contributed by atoms with Crippen molar-refractivity contribution in [2.24, 2.45) is 5.73 Å². The minimum Gasteiger partial charge on any atom is -0.508 e. The zero-order valence-corrected chi connectivity index (χ0v) is 13.7. The average Bonchev–Trinajstić information content (AvgIpc) is 2.61. The lowest BCUT2D eigenvalue weighted by molar-refractivity contribution is 0.100. The molecule has 3 rings (SSSR count). The number of aromatic hydroxyl groups is 1. The molecule has 0 aliphatic carbocycles. The lowest BCUT2D eigenvalue weighted by Crippen LogP contribution is -2.24. The maximum atomic E-state index is 11.6. The van der Waals surface area contributed by atoms with Crippen molar-refractivity contribution in [3.8, 4) is 5.75 Å². The van der Waals surface area contributed by atoms with Gasteiger partial charge in [-0.15, -0.1) is 0 Å². The Morgan fingerprint density at radius 2 is 1.96 bits per heavy atom. The number of phenols is 1. The number of amides is 1. The van der Waals surface area contributed by atoms with E-state index in [1.807, 2.05) is 25.2 Å². The van der Waals surface area contributed by atoms with Crippen LogP contribution in [-0.2, 0) is 0 Å². The van der Waals surface area contributed by atoms with Crippen molar-refractivity contribution in [3.63, 3.8) is 0 Å². The number of primary amides is 1. The minimum absolute atomic E-state index is 0.0825. The van der Waals surface area contributed by atoms with E-state index in [4.69, 9.17) is 5.73 Å². The van der Waals surface area contributed by atoms with Gasteiger partial charge in [-0.1, -0.05) is 18.2 Å². The van der Waals surface area contributed by atoms with E-state index in [-0.39, 0.29) is 11.8 Å². The molecule has 0 aliphatic rings. The Kier molecular flexibility index (Phi) is 4.76. The molecule has 0 unspecified atom stereocenters. The molecule has 0 radical (unpaired) electrons. The highest BCUT2D eigenvalue weighted by molar-refractivity contribution is 6.06. The fourth-order valence-corrected chi connectivity index (χ4v) is 2.73. The van der Waals surface area contributed by atoms with Crippen LogP contribution in [0.5, 0.6) is 5.75 Å². The van der Waals surface area contributed by atoms with Crippen LogP contribution < -0.4 is 16.4 Å². The molecule has 2 aromatic carbocycles. The molecule has 1 aromatic heterocycles. The van der Waals surface area contributed by atoms with Gasteiger partial charge in [0.15, 0.2) is 0 Å². The quantitative estimate of drug-likeness (QED) is 0.545. The third-order valence-electron chi connectivity index (χ3n) is 3.94. The lowest BCUT2D eigenvalue weighted by Gasteiger charge is -2.20. The molecule has 1 heterocycles. The SMILES string of the molecule is CNC[C@@H](Nc1ncnc2c(C(N)=O)cccc12)c1ccc(O)cc1. The van der Waals surface area contributed by atoms with Crippen LogP contribution >= 0.6 is 0 Å². The number of hydrogen-bond acceptors (Lipinski definition) is 6. The number of rotatable bonds is 6. The minimum atomic E-state index is -0.527. The summed E-state index contributed by atoms with van der Waals surface area (Å²) in [7, 11) is 1.86. The first-order chi connectivity index (χ1) is 12.1. The van der Waals surface area contributed by atoms with Crippen LogP contribution in [0.25, 0.3) is 10.9 Å². The van der Waals surface area contributed by atoms with Gasteiger partial charge in [0.25, 0.3) is 5.91 Å². The molecule has 3 aromatic rings. The number of anilines is 1. The number of carbonyl (C=O) groups is 1. The Morgan fingerprint density at radius 1 is 1.20 bits per heavy atom. The smallest absolute Gasteiger partial charge is 0.250 e. The van der Waals surface area contributed by atoms with Crippen LogP contribution in [0.2, 0.25) is 0 Å². The molecule has 0 saturated heterocycles. The molecule has 25 heavy (non-hydrogen) atoms. The second-order valence-corrected chi connectivity index (χ2v) is 5.63. The number of nitrogens with zero attached hydrogens (tertiary/aromatic N) is 2. The topological polar surface area (TPSA) is 113 Å². The van der Waals surface area contributed by atoms with Crippen molar-refractivity contribution in [1.82, 2.24) is 15.3 Å². The molecule has 0 fully saturated rings. The van der Waals surface area contributed by atoms with Gasteiger partial charge in [0.05, 0.1) is 17.1 Å². The Hall–Kier alpha value is -3.19. The number of nitrogens with one attached hydrogen (secondary N) is 2. The summed E-state index contributed by atoms with van der Waals surface area (Å²) in [5.41, 5.74) is 7.30. The van der Waals surface area contributed by atoms with E-state index in [0.29, 0.717) is 23.4 Å². The first kappa shape index (κ1) is 16.7. The Bertz CT molecular complexity index is 896. The summed E-state index contributed by atoms with van der Waals surface area (Å²) < 4.78 is 0. The summed E-state index contributed by atoms with van der Waals surface area (Å²) in [4.78, 5) is 20.1. The summed E-state index contributed by atoms with van der Waals surface area (Å²) in [5.74, 6) is 0.299. The number of nitrogens with two attached hydrogens (primary N) is 1. The van der Waals surface area contributed by atoms with E-state index in [0.717, 1.165) is 10.9 Å². The number of benzene rings is 2. The largest absolute Gasteiger partial charge is 0.508 e. The maximum Gasteiger partial charge on any atom is 0.250 e. The summed E-state index contributed by atoms with van der Waals surface area (Å²) >= 11 is 0. The summed E-state index contributed by atoms with van der Waals surface area (Å²) in [6.45, 7) is 0.645. The van der Waals surface area contributed by atoms with Crippen LogP contribution in [0.3, 0.4) is 0 Å². The van der Waals surface area contributed by atoms with Crippen LogP contribution in [0.1, 0.15) is 22.0 Å². The highest BCUT2D eigenvalue weighted by atomic mass is 16.3. The number of para-hydroxylation sites is 1. The zero-order chi connectivity index (χ0) is 17.8. The van der Waals surface area contributed by atoms with Crippen LogP contribution in [0, 0.1) is 0 Å². The summed E-state index contributed by atoms with van der Waals surface area (Å²) in [5, 5.41) is 16.7. The van der Waals surface area contributed by atoms with E-state index in [1.165, 1.54) is 6.33 Å². The molecule has 1 amide bonds. The summed E-state index contributed by atoms with van der Waals surface area (Å²) in [6, 6.07) is 12.1. The zero-order valence-electron chi connectivity index (χ0n) is 13.7. The van der Waals surface area contributed by atoms with E-state index < -0.39 is 5.91 Å². The van der Waals surface area contributed by atoms with E-state index in [2.05, 4.69) is 20.6 Å². The number of aromatic nitrogens is 2. The van der Waals surface area contributed by atoms with E-state index in [1.54, 1.807) is 24.3 Å². The number of carbonyl (C=O) groups excluding carboxylic acids is 1. The monoisotopic (exact) mass is 337 g/mol. The molecule has 7 heteroatoms. The predicted octanol–water partition coefficient (Wildman–Crippen LogP) is 1.81. The summed E-state index contributed by atoms with van der Waals surface area (Å²) in [6.07, 6.45) is 1.41. The molecule has 7 nitrogen and oxygen atoms in total. The van der Waals surface area contributed by atoms with Gasteiger partial charge < -0.3 is 21.5 Å². The van der Waals surface area contributed by atoms with Crippen LogP contribution in [-0.4, -0.2) is 34.6 Å². The second kappa shape index (κ2) is 7.14. The standard InChI is InChI=1S/C18H19N5O2/c1-20-9-15(11-5-7-12(24)8-6-11)23-18-14-4-2-3-13(17(19)25)16(14)21-10-22-18/h2-8,10,15,20,24H,9H2,1H3,(H2,19,25)(H,21,22,23)/t15-/m1/s1. The number of hydrogen-bond donors (Lipinski definition) is 4. The molecule has 5 N–H and O–H groups in total. The van der Waals surface area contributed by atoms with Gasteiger partial charge in [-0.3, -0.25) is 4.79 Å². The third-order valence-corrected chi connectivity index (χ3v) is 3.94. The highest BCUT2D eigenvalue weighted by Gasteiger charge is 2.15. The van der Waals surface area contributed by atoms with Gasteiger partial charge >= 0.3 is 0 Å². The first-order valence-electron chi connectivity index (χ1n) is 7.83. The molecule has 0 bridgehead atoms. The number of likely N-dealkylation sites (N-methyl/N-ethyl adjacent to an activating group) is 1. The fraction of sp³-hybridized carbons (Fsp3) is 0.167. The number of phenolic OH excluding ortho intramolecular Hbond substituents is 1. The normalized spacial score (nSPS) is 12.0. The van der Waals surface area contributed by atoms with Crippen molar-refractivity contribution >= 4 is 22.6 Å². The van der Waals surface area contributed by atoms with Gasteiger partial charge in [0, 0.05) is 11.9 Å².